The summed E-state index contributed by atoms with van der Waals surface area (Å²) in [6.45, 7) is 0.617. The molecule has 6 heteroatoms. The SMILES string of the molecule is O=C(C[C@H]1Sc2ccccc2NC1=O)NCCSCc1ccccc1. The van der Waals surface area contributed by atoms with Crippen LogP contribution in [0.3, 0.4) is 0 Å². The molecule has 0 aromatic heterocycles. The lowest BCUT2D eigenvalue weighted by Crippen LogP contribution is -2.35. The first kappa shape index (κ1) is 17.9. The summed E-state index contributed by atoms with van der Waals surface area (Å²) in [6, 6.07) is 17.9. The lowest BCUT2D eigenvalue weighted by atomic mass is 10.2. The van der Waals surface area contributed by atoms with Crippen LogP contribution in [-0.2, 0) is 15.3 Å². The fourth-order valence-corrected chi connectivity index (χ4v) is 4.42. The third-order valence-corrected chi connectivity index (χ3v) is 6.06. The Morgan fingerprint density at radius 3 is 2.72 bits per heavy atom. The lowest BCUT2D eigenvalue weighted by Gasteiger charge is -2.23. The fourth-order valence-electron chi connectivity index (χ4n) is 2.49. The van der Waals surface area contributed by atoms with Gasteiger partial charge in [-0.3, -0.25) is 9.59 Å². The maximum Gasteiger partial charge on any atom is 0.238 e. The zero-order valence-electron chi connectivity index (χ0n) is 13.7. The number of nitrogens with one attached hydrogen (secondary N) is 2. The van der Waals surface area contributed by atoms with Crippen LogP contribution in [0.25, 0.3) is 0 Å². The minimum atomic E-state index is -0.369. The van der Waals surface area contributed by atoms with E-state index in [9.17, 15) is 9.59 Å². The van der Waals surface area contributed by atoms with E-state index in [2.05, 4.69) is 22.8 Å². The molecule has 0 radical (unpaired) electrons. The van der Waals surface area contributed by atoms with Crippen LogP contribution in [0, 0.1) is 0 Å². The standard InChI is InChI=1S/C19H20N2O2S2/c22-18(20-10-11-24-13-14-6-2-1-3-7-14)12-17-19(23)21-15-8-4-5-9-16(15)25-17/h1-9,17H,10-13H2,(H,20,22)(H,21,23)/t17-/m1/s1. The number of para-hydroxylation sites is 1. The molecule has 0 bridgehead atoms. The highest BCUT2D eigenvalue weighted by Crippen LogP contribution is 2.36. The van der Waals surface area contributed by atoms with Crippen LogP contribution in [0.5, 0.6) is 0 Å². The molecule has 0 saturated carbocycles. The van der Waals surface area contributed by atoms with Gasteiger partial charge >= 0.3 is 0 Å². The molecule has 1 aliphatic rings. The van der Waals surface area contributed by atoms with Crippen molar-refractivity contribution in [3.8, 4) is 0 Å². The topological polar surface area (TPSA) is 58.2 Å². The van der Waals surface area contributed by atoms with E-state index in [0.717, 1.165) is 22.1 Å². The van der Waals surface area contributed by atoms with Gasteiger partial charge in [0.2, 0.25) is 11.8 Å². The Labute approximate surface area is 156 Å². The van der Waals surface area contributed by atoms with Crippen LogP contribution in [0.15, 0.2) is 59.5 Å². The van der Waals surface area contributed by atoms with Gasteiger partial charge in [-0.25, -0.2) is 0 Å². The quantitative estimate of drug-likeness (QED) is 0.730. The fraction of sp³-hybridized carbons (Fsp3) is 0.263. The molecular weight excluding hydrogens is 352 g/mol. The molecule has 3 rings (SSSR count). The van der Waals surface area contributed by atoms with Crippen molar-refractivity contribution in [1.29, 1.82) is 0 Å². The molecule has 2 amide bonds. The Bertz CT molecular complexity index is 737. The first-order valence-electron chi connectivity index (χ1n) is 8.17. The second-order valence-corrected chi connectivity index (χ2v) is 8.03. The summed E-state index contributed by atoms with van der Waals surface area (Å²) in [5.74, 6) is 1.62. The number of thioether (sulfide) groups is 2. The largest absolute Gasteiger partial charge is 0.355 e. The molecule has 1 atom stereocenters. The zero-order valence-corrected chi connectivity index (χ0v) is 15.4. The third kappa shape index (κ3) is 5.28. The number of hydrogen-bond donors (Lipinski definition) is 2. The highest BCUT2D eigenvalue weighted by atomic mass is 32.2. The van der Waals surface area contributed by atoms with Gasteiger partial charge in [0.05, 0.1) is 10.9 Å². The van der Waals surface area contributed by atoms with Crippen molar-refractivity contribution in [2.24, 2.45) is 0 Å². The molecule has 25 heavy (non-hydrogen) atoms. The van der Waals surface area contributed by atoms with Gasteiger partial charge in [0.1, 0.15) is 0 Å². The highest BCUT2D eigenvalue weighted by Gasteiger charge is 2.28. The van der Waals surface area contributed by atoms with Crippen LogP contribution in [0.4, 0.5) is 5.69 Å². The molecule has 0 unspecified atom stereocenters. The summed E-state index contributed by atoms with van der Waals surface area (Å²) in [7, 11) is 0. The molecule has 2 aromatic carbocycles. The molecule has 2 aromatic rings. The average molecular weight is 373 g/mol. The summed E-state index contributed by atoms with van der Waals surface area (Å²) in [4.78, 5) is 25.2. The minimum absolute atomic E-state index is 0.0765. The van der Waals surface area contributed by atoms with Crippen molar-refractivity contribution in [3.63, 3.8) is 0 Å². The number of carbonyl (C=O) groups is 2. The Kier molecular flexibility index (Phi) is 6.42. The van der Waals surface area contributed by atoms with Crippen LogP contribution in [0.2, 0.25) is 0 Å². The molecule has 0 aliphatic carbocycles. The minimum Gasteiger partial charge on any atom is -0.355 e. The van der Waals surface area contributed by atoms with Crippen molar-refractivity contribution < 1.29 is 9.59 Å². The van der Waals surface area contributed by atoms with Gasteiger partial charge < -0.3 is 10.6 Å². The molecule has 130 valence electrons. The molecule has 0 saturated heterocycles. The Morgan fingerprint density at radius 2 is 1.88 bits per heavy atom. The van der Waals surface area contributed by atoms with E-state index in [-0.39, 0.29) is 23.5 Å². The number of amides is 2. The summed E-state index contributed by atoms with van der Waals surface area (Å²) in [5.41, 5.74) is 2.11. The normalized spacial score (nSPS) is 16.0. The zero-order chi connectivity index (χ0) is 17.5. The maximum atomic E-state index is 12.1. The van der Waals surface area contributed by atoms with Gasteiger partial charge in [-0.15, -0.1) is 11.8 Å². The van der Waals surface area contributed by atoms with E-state index in [1.165, 1.54) is 17.3 Å². The Balaban J connectivity index is 1.37. The highest BCUT2D eigenvalue weighted by molar-refractivity contribution is 8.01. The number of rotatable bonds is 7. The summed E-state index contributed by atoms with van der Waals surface area (Å²) < 4.78 is 0. The number of benzene rings is 2. The molecule has 1 aliphatic heterocycles. The van der Waals surface area contributed by atoms with Gasteiger partial charge in [-0.05, 0) is 17.7 Å². The van der Waals surface area contributed by atoms with Crippen LogP contribution in [0.1, 0.15) is 12.0 Å². The van der Waals surface area contributed by atoms with Crippen LogP contribution in [-0.4, -0.2) is 29.4 Å². The number of fused-ring (bicyclic) bond motifs is 1. The number of carbonyl (C=O) groups excluding carboxylic acids is 2. The van der Waals surface area contributed by atoms with Gasteiger partial charge in [0.15, 0.2) is 0 Å². The van der Waals surface area contributed by atoms with E-state index in [0.29, 0.717) is 6.54 Å². The predicted molar refractivity (Wildman–Crippen MR) is 105 cm³/mol. The van der Waals surface area contributed by atoms with Gasteiger partial charge in [-0.2, -0.15) is 11.8 Å². The summed E-state index contributed by atoms with van der Waals surface area (Å²) >= 11 is 3.24. The van der Waals surface area contributed by atoms with Crippen molar-refractivity contribution >= 4 is 41.0 Å². The maximum absolute atomic E-state index is 12.1. The molecule has 1 heterocycles. The van der Waals surface area contributed by atoms with E-state index in [1.54, 1.807) is 11.8 Å². The Hall–Kier alpha value is -1.92. The van der Waals surface area contributed by atoms with Gasteiger partial charge in [0.25, 0.3) is 0 Å². The van der Waals surface area contributed by atoms with Crippen LogP contribution >= 0.6 is 23.5 Å². The van der Waals surface area contributed by atoms with E-state index in [4.69, 9.17) is 0 Å². The van der Waals surface area contributed by atoms with Crippen molar-refractivity contribution in [2.45, 2.75) is 22.3 Å². The molecule has 0 fully saturated rings. The second-order valence-electron chi connectivity index (χ2n) is 5.68. The first-order valence-corrected chi connectivity index (χ1v) is 10.2. The predicted octanol–water partition coefficient (Wildman–Crippen LogP) is 3.54. The summed E-state index contributed by atoms with van der Waals surface area (Å²) in [5, 5.41) is 5.41. The number of hydrogen-bond acceptors (Lipinski definition) is 4. The van der Waals surface area contributed by atoms with Crippen molar-refractivity contribution in [2.75, 3.05) is 17.6 Å². The lowest BCUT2D eigenvalue weighted by molar-refractivity contribution is -0.123. The van der Waals surface area contributed by atoms with Gasteiger partial charge in [-0.1, -0.05) is 42.5 Å². The molecular formula is C19H20N2O2S2. The van der Waals surface area contributed by atoms with Crippen LogP contribution < -0.4 is 10.6 Å². The average Bonchev–Trinajstić information content (AvgIpc) is 2.63. The smallest absolute Gasteiger partial charge is 0.238 e. The first-order chi connectivity index (χ1) is 12.2. The second kappa shape index (κ2) is 8.97. The van der Waals surface area contributed by atoms with E-state index in [1.807, 2.05) is 42.5 Å². The molecule has 2 N–H and O–H groups in total. The molecule has 0 spiro atoms. The monoisotopic (exact) mass is 372 g/mol. The van der Waals surface area contributed by atoms with Crippen molar-refractivity contribution in [1.82, 2.24) is 5.32 Å². The summed E-state index contributed by atoms with van der Waals surface area (Å²) in [6.07, 6.45) is 0.203. The van der Waals surface area contributed by atoms with Gasteiger partial charge in [0, 0.05) is 29.4 Å². The Morgan fingerprint density at radius 1 is 1.12 bits per heavy atom. The van der Waals surface area contributed by atoms with Crippen molar-refractivity contribution in [3.05, 3.63) is 60.2 Å². The number of anilines is 1. The van der Waals surface area contributed by atoms with E-state index >= 15 is 0 Å². The molecule has 4 nitrogen and oxygen atoms in total. The van der Waals surface area contributed by atoms with E-state index < -0.39 is 0 Å². The third-order valence-electron chi connectivity index (χ3n) is 3.76.